The third kappa shape index (κ3) is 6.31. The third-order valence-electron chi connectivity index (χ3n) is 2.71. The second-order valence-corrected chi connectivity index (χ2v) is 4.51. The number of hydrogen-bond acceptors (Lipinski definition) is 3. The van der Waals surface area contributed by atoms with E-state index < -0.39 is 30.8 Å². The summed E-state index contributed by atoms with van der Waals surface area (Å²) in [6.45, 7) is 0.387. The maximum absolute atomic E-state index is 12.2. The second kappa shape index (κ2) is 8.31. The minimum atomic E-state index is -2.79. The minimum Gasteiger partial charge on any atom is -0.480 e. The highest BCUT2D eigenvalue weighted by Gasteiger charge is 2.24. The fraction of sp³-hybridized carbons (Fsp3) is 0.429. The molecule has 21 heavy (non-hydrogen) atoms. The van der Waals surface area contributed by atoms with Crippen LogP contribution in [-0.4, -0.2) is 36.6 Å². The summed E-state index contributed by atoms with van der Waals surface area (Å²) in [6.07, 6.45) is -3.79. The topological polar surface area (TPSA) is 75.6 Å². The number of ether oxygens (including phenoxy) is 1. The van der Waals surface area contributed by atoms with Crippen LogP contribution in [0.4, 0.5) is 8.78 Å². The molecule has 0 radical (unpaired) electrons. The first-order chi connectivity index (χ1) is 9.92. The zero-order chi connectivity index (χ0) is 15.8. The van der Waals surface area contributed by atoms with E-state index in [2.05, 4.69) is 5.32 Å². The number of amides is 1. The molecule has 0 aliphatic carbocycles. The molecule has 1 atom stereocenters. The van der Waals surface area contributed by atoms with Crippen molar-refractivity contribution in [1.29, 1.82) is 0 Å². The van der Waals surface area contributed by atoms with Gasteiger partial charge in [-0.1, -0.05) is 24.3 Å². The summed E-state index contributed by atoms with van der Waals surface area (Å²) in [5.41, 5.74) is 1.52. The molecule has 7 heteroatoms. The number of alkyl halides is 2. The first-order valence-electron chi connectivity index (χ1n) is 6.29. The Balaban J connectivity index is 2.63. The Morgan fingerprint density at radius 1 is 1.33 bits per heavy atom. The van der Waals surface area contributed by atoms with E-state index in [0.717, 1.165) is 5.56 Å². The van der Waals surface area contributed by atoms with Crippen LogP contribution in [0.15, 0.2) is 24.3 Å². The molecule has 0 aromatic heterocycles. The van der Waals surface area contributed by atoms with Gasteiger partial charge < -0.3 is 15.2 Å². The quantitative estimate of drug-likeness (QED) is 0.765. The lowest BCUT2D eigenvalue weighted by atomic mass is 10.1. The minimum absolute atomic E-state index is 0.0788. The van der Waals surface area contributed by atoms with E-state index in [0.29, 0.717) is 12.2 Å². The van der Waals surface area contributed by atoms with Crippen LogP contribution in [-0.2, 0) is 27.4 Å². The summed E-state index contributed by atoms with van der Waals surface area (Å²) in [4.78, 5) is 22.5. The number of halogens is 2. The number of carboxylic acids is 1. The SMILES string of the molecule is COCc1cccc(CC(=O)NC(CC(F)F)C(=O)O)c1. The van der Waals surface area contributed by atoms with Crippen LogP contribution in [0, 0.1) is 0 Å². The van der Waals surface area contributed by atoms with Gasteiger partial charge in [-0.3, -0.25) is 4.79 Å². The van der Waals surface area contributed by atoms with Crippen LogP contribution in [0.5, 0.6) is 0 Å². The van der Waals surface area contributed by atoms with E-state index in [9.17, 15) is 18.4 Å². The van der Waals surface area contributed by atoms with Crippen LogP contribution in [0.25, 0.3) is 0 Å². The van der Waals surface area contributed by atoms with Crippen molar-refractivity contribution in [3.05, 3.63) is 35.4 Å². The number of rotatable bonds is 8. The number of carbonyl (C=O) groups excluding carboxylic acids is 1. The predicted octanol–water partition coefficient (Wildman–Crippen LogP) is 1.60. The molecule has 0 aliphatic heterocycles. The number of methoxy groups -OCH3 is 1. The number of benzene rings is 1. The molecular weight excluding hydrogens is 284 g/mol. The molecule has 0 spiro atoms. The van der Waals surface area contributed by atoms with E-state index in [4.69, 9.17) is 9.84 Å². The molecule has 0 bridgehead atoms. The number of nitrogens with one attached hydrogen (secondary N) is 1. The molecule has 0 fully saturated rings. The molecular formula is C14H17F2NO4. The van der Waals surface area contributed by atoms with Crippen molar-refractivity contribution < 1.29 is 28.2 Å². The first-order valence-corrected chi connectivity index (χ1v) is 6.29. The molecule has 0 saturated heterocycles. The maximum atomic E-state index is 12.2. The lowest BCUT2D eigenvalue weighted by Crippen LogP contribution is -2.42. The van der Waals surface area contributed by atoms with E-state index in [-0.39, 0.29) is 6.42 Å². The maximum Gasteiger partial charge on any atom is 0.326 e. The van der Waals surface area contributed by atoms with Gasteiger partial charge in [0.2, 0.25) is 12.3 Å². The van der Waals surface area contributed by atoms with Crippen molar-refractivity contribution >= 4 is 11.9 Å². The van der Waals surface area contributed by atoms with Gasteiger partial charge in [0.05, 0.1) is 13.0 Å². The number of carboxylic acid groups (broad SMARTS) is 1. The molecule has 1 amide bonds. The highest BCUT2D eigenvalue weighted by atomic mass is 19.3. The van der Waals surface area contributed by atoms with Crippen molar-refractivity contribution in [2.24, 2.45) is 0 Å². The van der Waals surface area contributed by atoms with E-state index in [1.165, 1.54) is 0 Å². The molecule has 0 aliphatic rings. The summed E-state index contributed by atoms with van der Waals surface area (Å²) in [7, 11) is 1.54. The summed E-state index contributed by atoms with van der Waals surface area (Å²) in [6, 6.07) is 5.42. The van der Waals surface area contributed by atoms with Gasteiger partial charge in [-0.25, -0.2) is 13.6 Å². The Morgan fingerprint density at radius 2 is 2.00 bits per heavy atom. The molecule has 2 N–H and O–H groups in total. The fourth-order valence-corrected chi connectivity index (χ4v) is 1.83. The Labute approximate surface area is 120 Å². The average Bonchev–Trinajstić information content (AvgIpc) is 2.38. The average molecular weight is 301 g/mol. The normalized spacial score (nSPS) is 12.2. The largest absolute Gasteiger partial charge is 0.480 e. The van der Waals surface area contributed by atoms with Crippen LogP contribution in [0.2, 0.25) is 0 Å². The highest BCUT2D eigenvalue weighted by Crippen LogP contribution is 2.08. The number of carbonyl (C=O) groups is 2. The van der Waals surface area contributed by atoms with E-state index in [1.54, 1.807) is 25.3 Å². The Bertz CT molecular complexity index is 494. The molecule has 0 heterocycles. The molecule has 5 nitrogen and oxygen atoms in total. The molecule has 1 aromatic rings. The summed E-state index contributed by atoms with van der Waals surface area (Å²) >= 11 is 0. The van der Waals surface area contributed by atoms with Crippen LogP contribution in [0.3, 0.4) is 0 Å². The zero-order valence-corrected chi connectivity index (χ0v) is 11.5. The van der Waals surface area contributed by atoms with Gasteiger partial charge >= 0.3 is 5.97 Å². The lowest BCUT2D eigenvalue weighted by Gasteiger charge is -2.14. The molecule has 0 saturated carbocycles. The van der Waals surface area contributed by atoms with Crippen LogP contribution < -0.4 is 5.32 Å². The van der Waals surface area contributed by atoms with E-state index >= 15 is 0 Å². The molecule has 1 unspecified atom stereocenters. The van der Waals surface area contributed by atoms with Crippen molar-refractivity contribution in [3.8, 4) is 0 Å². The van der Waals surface area contributed by atoms with Gasteiger partial charge in [-0.05, 0) is 11.1 Å². The fourth-order valence-electron chi connectivity index (χ4n) is 1.83. The third-order valence-corrected chi connectivity index (χ3v) is 2.71. The van der Waals surface area contributed by atoms with Gasteiger partial charge in [-0.15, -0.1) is 0 Å². The molecule has 116 valence electrons. The van der Waals surface area contributed by atoms with Gasteiger partial charge in [0.1, 0.15) is 6.04 Å². The van der Waals surface area contributed by atoms with E-state index in [1.807, 2.05) is 6.07 Å². The summed E-state index contributed by atoms with van der Waals surface area (Å²) < 4.78 is 29.4. The lowest BCUT2D eigenvalue weighted by molar-refractivity contribution is -0.142. The number of aliphatic carboxylic acids is 1. The Hall–Kier alpha value is -2.02. The highest BCUT2D eigenvalue weighted by molar-refractivity contribution is 5.84. The molecule has 1 rings (SSSR count). The second-order valence-electron chi connectivity index (χ2n) is 4.51. The summed E-state index contributed by atoms with van der Waals surface area (Å²) in [5, 5.41) is 10.9. The van der Waals surface area contributed by atoms with Crippen LogP contribution in [0.1, 0.15) is 17.5 Å². The van der Waals surface area contributed by atoms with Gasteiger partial charge in [0.15, 0.2) is 0 Å². The predicted molar refractivity (Wildman–Crippen MR) is 71.0 cm³/mol. The Kier molecular flexibility index (Phi) is 6.74. The van der Waals surface area contributed by atoms with Crippen molar-refractivity contribution in [2.75, 3.05) is 7.11 Å². The Morgan fingerprint density at radius 3 is 2.57 bits per heavy atom. The van der Waals surface area contributed by atoms with Gasteiger partial charge in [0, 0.05) is 13.5 Å². The summed E-state index contributed by atoms with van der Waals surface area (Å²) in [5.74, 6) is -2.09. The number of hydrogen-bond donors (Lipinski definition) is 2. The zero-order valence-electron chi connectivity index (χ0n) is 11.5. The first kappa shape index (κ1) is 17.0. The monoisotopic (exact) mass is 301 g/mol. The van der Waals surface area contributed by atoms with Crippen LogP contribution >= 0.6 is 0 Å². The van der Waals surface area contributed by atoms with Crippen molar-refractivity contribution in [2.45, 2.75) is 31.9 Å². The van der Waals surface area contributed by atoms with Gasteiger partial charge in [-0.2, -0.15) is 0 Å². The smallest absolute Gasteiger partial charge is 0.326 e. The van der Waals surface area contributed by atoms with Crippen molar-refractivity contribution in [1.82, 2.24) is 5.32 Å². The molecule has 1 aromatic carbocycles. The van der Waals surface area contributed by atoms with Gasteiger partial charge in [0.25, 0.3) is 0 Å². The van der Waals surface area contributed by atoms with Crippen molar-refractivity contribution in [3.63, 3.8) is 0 Å². The standard InChI is InChI=1S/C14H17F2NO4/c1-21-8-10-4-2-3-9(5-10)6-13(18)17-11(14(19)20)7-12(15)16/h2-5,11-12H,6-8H2,1H3,(H,17,18)(H,19,20).